The van der Waals surface area contributed by atoms with Gasteiger partial charge in [-0.3, -0.25) is 0 Å². The number of aryl methyl sites for hydroxylation is 1. The first-order chi connectivity index (χ1) is 14.9. The van der Waals surface area contributed by atoms with E-state index in [4.69, 9.17) is 4.74 Å². The normalized spacial score (nSPS) is 19.6. The van der Waals surface area contributed by atoms with Crippen LogP contribution in [0.5, 0.6) is 0 Å². The van der Waals surface area contributed by atoms with Gasteiger partial charge < -0.3 is 9.64 Å². The van der Waals surface area contributed by atoms with Crippen LogP contribution in [0.25, 0.3) is 0 Å². The monoisotopic (exact) mass is 473 g/mol. The highest BCUT2D eigenvalue weighted by Gasteiger charge is 2.47. The number of anilines is 1. The number of nitrogens with zero attached hydrogens (tertiary/aromatic N) is 3. The van der Waals surface area contributed by atoms with Gasteiger partial charge in [0.15, 0.2) is 9.84 Å². The molecule has 2 heterocycles. The van der Waals surface area contributed by atoms with Gasteiger partial charge in [-0.25, -0.2) is 17.9 Å². The van der Waals surface area contributed by atoms with Crippen LogP contribution in [0.2, 0.25) is 0 Å². The first kappa shape index (κ1) is 24.1. The molecule has 1 aromatic heterocycles. The second-order valence-corrected chi connectivity index (χ2v) is 10.5. The van der Waals surface area contributed by atoms with Gasteiger partial charge in [-0.05, 0) is 31.4 Å². The number of methoxy groups -OCH3 is 1. The highest BCUT2D eigenvalue weighted by Crippen LogP contribution is 2.38. The minimum absolute atomic E-state index is 0.155. The molecule has 11 heteroatoms. The maximum atomic E-state index is 13.5. The molecule has 1 aliphatic rings. The van der Waals surface area contributed by atoms with E-state index in [1.165, 1.54) is 13.2 Å². The lowest BCUT2D eigenvalue weighted by Gasteiger charge is -2.25. The third-order valence-electron chi connectivity index (χ3n) is 5.39. The van der Waals surface area contributed by atoms with E-state index in [0.717, 1.165) is 18.2 Å². The summed E-state index contributed by atoms with van der Waals surface area (Å²) in [4.78, 5) is 13.3. The number of halogens is 3. The van der Waals surface area contributed by atoms with Gasteiger partial charge in [0.2, 0.25) is 0 Å². The van der Waals surface area contributed by atoms with Crippen LogP contribution in [-0.4, -0.2) is 49.1 Å². The number of hydrogen-bond donors (Lipinski definition) is 0. The molecule has 3 rings (SSSR count). The van der Waals surface area contributed by atoms with Crippen LogP contribution >= 0.6 is 0 Å². The van der Waals surface area contributed by atoms with Gasteiger partial charge in [-0.2, -0.15) is 18.3 Å². The topological polar surface area (TPSA) is 81.5 Å². The minimum Gasteiger partial charge on any atom is -0.467 e. The SMILES string of the molecule is COC(=O)C1C[C@@H](S(=O)(=O)c2ccccc2C(F)(F)F)CN1c1cc(C)nn1CC(C)C. The second kappa shape index (κ2) is 8.76. The largest absolute Gasteiger partial charge is 0.467 e. The number of carbonyl (C=O) groups excluding carboxylic acids is 1. The van der Waals surface area contributed by atoms with Crippen LogP contribution in [0.15, 0.2) is 35.2 Å². The molecule has 0 spiro atoms. The number of hydrogen-bond acceptors (Lipinski definition) is 6. The number of ether oxygens (including phenoxy) is 1. The van der Waals surface area contributed by atoms with Crippen molar-refractivity contribution in [1.82, 2.24) is 9.78 Å². The van der Waals surface area contributed by atoms with E-state index in [1.807, 2.05) is 13.8 Å². The fourth-order valence-corrected chi connectivity index (χ4v) is 5.92. The Morgan fingerprint density at radius 1 is 1.28 bits per heavy atom. The number of esters is 1. The molecule has 1 aliphatic heterocycles. The molecule has 0 amide bonds. The molecule has 176 valence electrons. The maximum absolute atomic E-state index is 13.5. The van der Waals surface area contributed by atoms with Gasteiger partial charge in [0.25, 0.3) is 0 Å². The first-order valence-corrected chi connectivity index (χ1v) is 11.7. The van der Waals surface area contributed by atoms with Gasteiger partial charge in [0.05, 0.1) is 28.5 Å². The van der Waals surface area contributed by atoms with Crippen LogP contribution < -0.4 is 4.90 Å². The van der Waals surface area contributed by atoms with E-state index >= 15 is 0 Å². The molecule has 32 heavy (non-hydrogen) atoms. The summed E-state index contributed by atoms with van der Waals surface area (Å²) in [7, 11) is -3.20. The number of carbonyl (C=O) groups is 1. The van der Waals surface area contributed by atoms with E-state index in [2.05, 4.69) is 5.10 Å². The van der Waals surface area contributed by atoms with Gasteiger partial charge in [0, 0.05) is 19.2 Å². The molecule has 1 aromatic carbocycles. The fraction of sp³-hybridized carbons (Fsp3) is 0.524. The Kier molecular flexibility index (Phi) is 6.60. The Morgan fingerprint density at radius 2 is 1.94 bits per heavy atom. The van der Waals surface area contributed by atoms with Crippen molar-refractivity contribution in [1.29, 1.82) is 0 Å². The van der Waals surface area contributed by atoms with Crippen LogP contribution in [0.4, 0.5) is 19.0 Å². The molecule has 0 aliphatic carbocycles. The minimum atomic E-state index is -4.82. The lowest BCUT2D eigenvalue weighted by molar-refractivity contribution is -0.142. The van der Waals surface area contributed by atoms with E-state index in [-0.39, 0.29) is 18.9 Å². The summed E-state index contributed by atoms with van der Waals surface area (Å²) in [6.45, 7) is 6.13. The molecular weight excluding hydrogens is 447 g/mol. The van der Waals surface area contributed by atoms with Crippen molar-refractivity contribution >= 4 is 21.6 Å². The summed E-state index contributed by atoms with van der Waals surface area (Å²) in [6, 6.07) is 4.89. The standard InChI is InChI=1S/C21H26F3N3O4S/c1-13(2)11-27-19(9-14(3)25-27)26-12-15(10-17(26)20(28)31-4)32(29,30)18-8-6-5-7-16(18)21(22,23)24/h5-9,13,15,17H,10-12H2,1-4H3/t15-,17?/m1/s1. The molecule has 2 aromatic rings. The predicted octanol–water partition coefficient (Wildman–Crippen LogP) is 3.46. The van der Waals surface area contributed by atoms with Crippen LogP contribution in [0.1, 0.15) is 31.5 Å². The van der Waals surface area contributed by atoms with E-state index < -0.39 is 43.7 Å². The third-order valence-corrected chi connectivity index (χ3v) is 7.58. The number of alkyl halides is 3. The van der Waals surface area contributed by atoms with Gasteiger partial charge in [-0.1, -0.05) is 26.0 Å². The Balaban J connectivity index is 2.05. The Morgan fingerprint density at radius 3 is 2.53 bits per heavy atom. The molecule has 2 atom stereocenters. The van der Waals surface area contributed by atoms with Crippen molar-refractivity contribution in [3.8, 4) is 0 Å². The molecule has 1 fully saturated rings. The average molecular weight is 474 g/mol. The molecule has 0 saturated carbocycles. The molecule has 0 N–H and O–H groups in total. The zero-order chi connectivity index (χ0) is 23.8. The zero-order valence-electron chi connectivity index (χ0n) is 18.3. The van der Waals surface area contributed by atoms with Crippen LogP contribution in [0, 0.1) is 12.8 Å². The summed E-state index contributed by atoms with van der Waals surface area (Å²) < 4.78 is 73.6. The molecule has 0 bridgehead atoms. The zero-order valence-corrected chi connectivity index (χ0v) is 19.1. The molecule has 1 unspecified atom stereocenters. The van der Waals surface area contributed by atoms with Crippen molar-refractivity contribution in [3.05, 3.63) is 41.6 Å². The van der Waals surface area contributed by atoms with E-state index in [1.54, 1.807) is 22.6 Å². The molecule has 0 radical (unpaired) electrons. The highest BCUT2D eigenvalue weighted by atomic mass is 32.2. The van der Waals surface area contributed by atoms with Gasteiger partial charge >= 0.3 is 12.1 Å². The molecular formula is C21H26F3N3O4S. The summed E-state index contributed by atoms with van der Waals surface area (Å²) in [6.07, 6.45) is -5.01. The third kappa shape index (κ3) is 4.62. The van der Waals surface area contributed by atoms with E-state index in [9.17, 15) is 26.4 Å². The van der Waals surface area contributed by atoms with Crippen molar-refractivity contribution < 1.29 is 31.1 Å². The van der Waals surface area contributed by atoms with Gasteiger partial charge in [-0.15, -0.1) is 0 Å². The first-order valence-electron chi connectivity index (χ1n) is 10.1. The van der Waals surface area contributed by atoms with Gasteiger partial charge in [0.1, 0.15) is 11.9 Å². The molecule has 1 saturated heterocycles. The highest BCUT2D eigenvalue weighted by molar-refractivity contribution is 7.92. The van der Waals surface area contributed by atoms with Crippen LogP contribution in [0.3, 0.4) is 0 Å². The summed E-state index contributed by atoms with van der Waals surface area (Å²) in [5, 5.41) is 3.21. The van der Waals surface area contributed by atoms with Crippen molar-refractivity contribution in [2.75, 3.05) is 18.6 Å². The average Bonchev–Trinajstić information content (AvgIpc) is 3.30. The Bertz CT molecular complexity index is 1100. The number of benzene rings is 1. The van der Waals surface area contributed by atoms with Crippen molar-refractivity contribution in [3.63, 3.8) is 0 Å². The summed E-state index contributed by atoms with van der Waals surface area (Å²) >= 11 is 0. The smallest absolute Gasteiger partial charge is 0.417 e. The number of sulfone groups is 1. The molecule has 7 nitrogen and oxygen atoms in total. The lowest BCUT2D eigenvalue weighted by atomic mass is 10.2. The number of rotatable bonds is 6. The van der Waals surface area contributed by atoms with Crippen LogP contribution in [-0.2, 0) is 32.1 Å². The predicted molar refractivity (Wildman–Crippen MR) is 112 cm³/mol. The van der Waals surface area contributed by atoms with Crippen molar-refractivity contribution in [2.24, 2.45) is 5.92 Å². The lowest BCUT2D eigenvalue weighted by Crippen LogP contribution is -2.38. The maximum Gasteiger partial charge on any atom is 0.417 e. The fourth-order valence-electron chi connectivity index (χ4n) is 4.01. The second-order valence-electron chi connectivity index (χ2n) is 8.31. The Hall–Kier alpha value is -2.56. The van der Waals surface area contributed by atoms with Crippen molar-refractivity contribution in [2.45, 2.75) is 56.1 Å². The summed E-state index contributed by atoms with van der Waals surface area (Å²) in [5.74, 6) is 0.112. The number of aromatic nitrogens is 2. The Labute approximate surface area is 185 Å². The summed E-state index contributed by atoms with van der Waals surface area (Å²) in [5.41, 5.74) is -0.535. The van der Waals surface area contributed by atoms with E-state index in [0.29, 0.717) is 18.1 Å². The quantitative estimate of drug-likeness (QED) is 0.598.